The van der Waals surface area contributed by atoms with Crippen LogP contribution in [0.5, 0.6) is 5.75 Å². The van der Waals surface area contributed by atoms with Crippen LogP contribution in [0.4, 0.5) is 5.69 Å². The molecule has 0 spiro atoms. The third-order valence-electron chi connectivity index (χ3n) is 1.34. The van der Waals surface area contributed by atoms with Crippen molar-refractivity contribution < 1.29 is 4.74 Å². The molecule has 0 amide bonds. The lowest BCUT2D eigenvalue weighted by Crippen LogP contribution is -2.13. The molecule has 12 heavy (non-hydrogen) atoms. The van der Waals surface area contributed by atoms with Gasteiger partial charge in [0.25, 0.3) is 0 Å². The van der Waals surface area contributed by atoms with Crippen LogP contribution < -0.4 is 15.7 Å². The van der Waals surface area contributed by atoms with E-state index in [0.29, 0.717) is 11.4 Å². The summed E-state index contributed by atoms with van der Waals surface area (Å²) in [4.78, 5) is 9.71. The quantitative estimate of drug-likeness (QED) is 0.524. The van der Waals surface area contributed by atoms with Crippen molar-refractivity contribution in [1.29, 1.82) is 0 Å². The normalized spacial score (nSPS) is 8.75. The van der Waals surface area contributed by atoms with E-state index in [9.17, 15) is 4.91 Å². The molecule has 1 aromatic rings. The number of methoxy groups -OCH3 is 1. The van der Waals surface area contributed by atoms with Gasteiger partial charge in [0, 0.05) is 0 Å². The van der Waals surface area contributed by atoms with Crippen molar-refractivity contribution in [2.45, 2.75) is 0 Å². The fraction of sp³-hybridized carbons (Fsp3) is 0.143. The van der Waals surface area contributed by atoms with Crippen molar-refractivity contribution in [3.05, 3.63) is 29.2 Å². The van der Waals surface area contributed by atoms with E-state index in [0.717, 1.165) is 0 Å². The predicted molar refractivity (Wildman–Crippen MR) is 45.5 cm³/mol. The van der Waals surface area contributed by atoms with Crippen molar-refractivity contribution >= 4 is 5.69 Å². The molecule has 5 nitrogen and oxygen atoms in total. The number of hydrazine groups is 1. The number of benzene rings is 1. The van der Waals surface area contributed by atoms with Gasteiger partial charge < -0.3 is 4.74 Å². The zero-order valence-corrected chi connectivity index (χ0v) is 6.57. The minimum atomic E-state index is 0.647. The maximum Gasteiger partial charge on any atom is 0.143 e. The van der Waals surface area contributed by atoms with Gasteiger partial charge >= 0.3 is 0 Å². The third-order valence-corrected chi connectivity index (χ3v) is 1.34. The molecule has 0 fully saturated rings. The summed E-state index contributed by atoms with van der Waals surface area (Å²) in [5, 5.41) is 2.44. The SMILES string of the molecule is COc1ccccc1NNN=O. The van der Waals surface area contributed by atoms with E-state index in [2.05, 4.69) is 16.2 Å². The third kappa shape index (κ3) is 1.85. The van der Waals surface area contributed by atoms with Gasteiger partial charge in [-0.3, -0.25) is 5.43 Å². The Hall–Kier alpha value is -1.78. The molecule has 0 aromatic heterocycles. The Balaban J connectivity index is 2.74. The first-order chi connectivity index (χ1) is 5.88. The summed E-state index contributed by atoms with van der Waals surface area (Å²) < 4.78 is 5.00. The lowest BCUT2D eigenvalue weighted by Gasteiger charge is -2.07. The van der Waals surface area contributed by atoms with Gasteiger partial charge in [0.05, 0.1) is 18.1 Å². The molecule has 64 valence electrons. The summed E-state index contributed by atoms with van der Waals surface area (Å²) in [6, 6.07) is 7.18. The Morgan fingerprint density at radius 2 is 2.17 bits per heavy atom. The van der Waals surface area contributed by atoms with Crippen LogP contribution in [0.3, 0.4) is 0 Å². The Labute approximate surface area is 69.6 Å². The molecule has 5 heteroatoms. The molecule has 0 saturated heterocycles. The topological polar surface area (TPSA) is 62.7 Å². The molecule has 0 heterocycles. The maximum atomic E-state index is 9.71. The van der Waals surface area contributed by atoms with Gasteiger partial charge in [0.15, 0.2) is 0 Å². The van der Waals surface area contributed by atoms with Gasteiger partial charge in [-0.05, 0) is 12.1 Å². The Morgan fingerprint density at radius 3 is 2.83 bits per heavy atom. The number of rotatable bonds is 4. The smallest absolute Gasteiger partial charge is 0.143 e. The molecule has 0 aliphatic rings. The van der Waals surface area contributed by atoms with E-state index in [1.54, 1.807) is 19.2 Å². The first kappa shape index (κ1) is 8.32. The van der Waals surface area contributed by atoms with Gasteiger partial charge in [-0.1, -0.05) is 12.1 Å². The first-order valence-electron chi connectivity index (χ1n) is 3.35. The van der Waals surface area contributed by atoms with Crippen LogP contribution in [0.15, 0.2) is 29.6 Å². The lowest BCUT2D eigenvalue weighted by atomic mass is 10.3. The number of anilines is 1. The van der Waals surface area contributed by atoms with E-state index >= 15 is 0 Å². The maximum absolute atomic E-state index is 9.71. The van der Waals surface area contributed by atoms with Crippen LogP contribution in [-0.4, -0.2) is 7.11 Å². The molecular formula is C7H9N3O2. The molecule has 0 radical (unpaired) electrons. The average molecular weight is 167 g/mol. The second-order valence-corrected chi connectivity index (χ2v) is 2.03. The second-order valence-electron chi connectivity index (χ2n) is 2.03. The van der Waals surface area contributed by atoms with Crippen LogP contribution >= 0.6 is 0 Å². The molecule has 2 N–H and O–H groups in total. The summed E-state index contributed by atoms with van der Waals surface area (Å²) in [7, 11) is 1.55. The number of para-hydroxylation sites is 2. The largest absolute Gasteiger partial charge is 0.495 e. The minimum Gasteiger partial charge on any atom is -0.495 e. The number of hydrogen-bond donors (Lipinski definition) is 2. The highest BCUT2D eigenvalue weighted by Gasteiger charge is 1.98. The fourth-order valence-corrected chi connectivity index (χ4v) is 0.831. The van der Waals surface area contributed by atoms with Crippen LogP contribution in [0.1, 0.15) is 0 Å². The van der Waals surface area contributed by atoms with Crippen LogP contribution in [-0.2, 0) is 0 Å². The van der Waals surface area contributed by atoms with Crippen molar-refractivity contribution in [3.63, 3.8) is 0 Å². The molecule has 0 bridgehead atoms. The van der Waals surface area contributed by atoms with Gasteiger partial charge in [-0.2, -0.15) is 5.53 Å². The molecule has 1 rings (SSSR count). The summed E-state index contributed by atoms with van der Waals surface area (Å²) in [5.74, 6) is 0.647. The minimum absolute atomic E-state index is 0.647. The highest BCUT2D eigenvalue weighted by molar-refractivity contribution is 5.55. The van der Waals surface area contributed by atoms with Crippen LogP contribution in [0.2, 0.25) is 0 Å². The lowest BCUT2D eigenvalue weighted by molar-refractivity contribution is 0.416. The monoisotopic (exact) mass is 167 g/mol. The van der Waals surface area contributed by atoms with Gasteiger partial charge in [0.1, 0.15) is 5.75 Å². The second kappa shape index (κ2) is 4.17. The number of nitroso groups, excluding NO2 is 1. The van der Waals surface area contributed by atoms with E-state index in [4.69, 9.17) is 4.74 Å². The summed E-state index contributed by atoms with van der Waals surface area (Å²) >= 11 is 0. The molecule has 1 aromatic carbocycles. The van der Waals surface area contributed by atoms with E-state index < -0.39 is 0 Å². The van der Waals surface area contributed by atoms with Crippen molar-refractivity contribution in [2.75, 3.05) is 12.5 Å². The molecule has 0 aliphatic heterocycles. The Kier molecular flexibility index (Phi) is 2.89. The first-order valence-corrected chi connectivity index (χ1v) is 3.35. The zero-order chi connectivity index (χ0) is 8.81. The van der Waals surface area contributed by atoms with Crippen molar-refractivity contribution in [1.82, 2.24) is 5.53 Å². The molecule has 0 unspecified atom stereocenters. The number of nitrogens with one attached hydrogen (secondary N) is 2. The standard InChI is InChI=1S/C7H9N3O2/c1-12-7-5-3-2-4-6(7)8-9-10-11/h2-5H,1H3,(H,8,10)(H,9,11). The van der Waals surface area contributed by atoms with Crippen molar-refractivity contribution in [3.8, 4) is 5.75 Å². The van der Waals surface area contributed by atoms with Crippen molar-refractivity contribution in [2.24, 2.45) is 5.29 Å². The zero-order valence-electron chi connectivity index (χ0n) is 6.57. The molecule has 0 atom stereocenters. The fourth-order valence-electron chi connectivity index (χ4n) is 0.831. The molecule has 0 saturated carbocycles. The number of ether oxygens (including phenoxy) is 1. The van der Waals surface area contributed by atoms with Gasteiger partial charge in [-0.15, -0.1) is 4.91 Å². The van der Waals surface area contributed by atoms with Gasteiger partial charge in [0.2, 0.25) is 0 Å². The highest BCUT2D eigenvalue weighted by atomic mass is 16.5. The van der Waals surface area contributed by atoms with Gasteiger partial charge in [-0.25, -0.2) is 0 Å². The Morgan fingerprint density at radius 1 is 1.42 bits per heavy atom. The van der Waals surface area contributed by atoms with E-state index in [-0.39, 0.29) is 0 Å². The van der Waals surface area contributed by atoms with Crippen LogP contribution in [0.25, 0.3) is 0 Å². The summed E-state index contributed by atoms with van der Waals surface area (Å²) in [5.41, 5.74) is 5.30. The van der Waals surface area contributed by atoms with E-state index in [1.807, 2.05) is 12.1 Å². The number of hydrogen-bond acceptors (Lipinski definition) is 4. The summed E-state index contributed by atoms with van der Waals surface area (Å²) in [6.07, 6.45) is 0. The molecular weight excluding hydrogens is 158 g/mol. The average Bonchev–Trinajstić information content (AvgIpc) is 2.15. The summed E-state index contributed by atoms with van der Waals surface area (Å²) in [6.45, 7) is 0. The Bertz CT molecular complexity index is 265. The highest BCUT2D eigenvalue weighted by Crippen LogP contribution is 2.21. The molecule has 0 aliphatic carbocycles. The van der Waals surface area contributed by atoms with E-state index in [1.165, 1.54) is 0 Å². The number of nitrogens with zero attached hydrogens (tertiary/aromatic N) is 1. The van der Waals surface area contributed by atoms with Crippen LogP contribution in [0, 0.1) is 4.91 Å². The predicted octanol–water partition coefficient (Wildman–Crippen LogP) is 1.29.